The van der Waals surface area contributed by atoms with Gasteiger partial charge in [-0.25, -0.2) is 24.5 Å². The van der Waals surface area contributed by atoms with E-state index in [1.807, 2.05) is 86.6 Å². The first kappa shape index (κ1) is 40.7. The molecule has 314 valence electrons. The van der Waals surface area contributed by atoms with Crippen molar-refractivity contribution in [2.75, 3.05) is 20.2 Å². The summed E-state index contributed by atoms with van der Waals surface area (Å²) in [6.45, 7) is 4.87. The van der Waals surface area contributed by atoms with Gasteiger partial charge in [-0.05, 0) is 54.9 Å². The molecule has 0 aliphatic carbocycles. The highest BCUT2D eigenvalue weighted by Crippen LogP contribution is 2.35. The van der Waals surface area contributed by atoms with Gasteiger partial charge in [0.2, 0.25) is 11.8 Å². The SMILES string of the molecule is COC(=O)N[C@H](C(=O)N1CCC[C@H]1c1ncc(-c2ccc(-c3cnc4cc(-c5cnc([C@@H]6CCCN6C(=O)[C@@H](Cc6ccccc6)NC(=O)O)[nH]5)ccc4n3)cc2)[nH]1)C(C)C. The maximum atomic E-state index is 13.8. The quantitative estimate of drug-likeness (QED) is 0.0885. The minimum absolute atomic E-state index is 0.119. The molecular formula is C45H48N10O6. The van der Waals surface area contributed by atoms with Crippen LogP contribution in [0, 0.1) is 5.92 Å². The van der Waals surface area contributed by atoms with Gasteiger partial charge in [-0.2, -0.15) is 0 Å². The fourth-order valence-electron chi connectivity index (χ4n) is 8.35. The van der Waals surface area contributed by atoms with Gasteiger partial charge in [-0.15, -0.1) is 0 Å². The van der Waals surface area contributed by atoms with Crippen LogP contribution in [0.25, 0.3) is 44.8 Å². The maximum absolute atomic E-state index is 13.8. The van der Waals surface area contributed by atoms with Crippen LogP contribution in [0.5, 0.6) is 0 Å². The van der Waals surface area contributed by atoms with Gasteiger partial charge in [-0.1, -0.05) is 74.5 Å². The number of H-pyrrole nitrogens is 2. The molecular weight excluding hydrogens is 777 g/mol. The summed E-state index contributed by atoms with van der Waals surface area (Å²) in [5.74, 6) is 0.794. The van der Waals surface area contributed by atoms with E-state index in [-0.39, 0.29) is 36.2 Å². The third-order valence-electron chi connectivity index (χ3n) is 11.5. The lowest BCUT2D eigenvalue weighted by molar-refractivity contribution is -0.135. The highest BCUT2D eigenvalue weighted by molar-refractivity contribution is 5.87. The van der Waals surface area contributed by atoms with E-state index >= 15 is 0 Å². The highest BCUT2D eigenvalue weighted by Gasteiger charge is 2.38. The van der Waals surface area contributed by atoms with Crippen molar-refractivity contribution in [1.29, 1.82) is 0 Å². The van der Waals surface area contributed by atoms with Gasteiger partial charge < -0.3 is 40.2 Å². The van der Waals surface area contributed by atoms with E-state index in [4.69, 9.17) is 14.7 Å². The van der Waals surface area contributed by atoms with Crippen molar-refractivity contribution in [3.63, 3.8) is 0 Å². The molecule has 8 rings (SSSR count). The van der Waals surface area contributed by atoms with Gasteiger partial charge in [-0.3, -0.25) is 14.6 Å². The number of hydrogen-bond donors (Lipinski definition) is 5. The lowest BCUT2D eigenvalue weighted by Gasteiger charge is -2.30. The Kier molecular flexibility index (Phi) is 11.8. The second-order valence-electron chi connectivity index (χ2n) is 15.8. The zero-order valence-electron chi connectivity index (χ0n) is 34.2. The number of ether oxygens (including phenoxy) is 1. The largest absolute Gasteiger partial charge is 0.465 e. The molecule has 0 spiro atoms. The predicted octanol–water partition coefficient (Wildman–Crippen LogP) is 6.66. The van der Waals surface area contributed by atoms with Crippen LogP contribution >= 0.6 is 0 Å². The van der Waals surface area contributed by atoms with Crippen LogP contribution in [0.15, 0.2) is 91.4 Å². The van der Waals surface area contributed by atoms with Crippen molar-refractivity contribution in [3.05, 3.63) is 109 Å². The average Bonchev–Trinajstić information content (AvgIpc) is 4.12. The number of carbonyl (C=O) groups is 4. The smallest absolute Gasteiger partial charge is 0.407 e. The minimum Gasteiger partial charge on any atom is -0.465 e. The molecule has 2 saturated heterocycles. The number of carbonyl (C=O) groups excluding carboxylic acids is 3. The number of fused-ring (bicyclic) bond motifs is 1. The normalized spacial score (nSPS) is 17.4. The molecule has 0 saturated carbocycles. The van der Waals surface area contributed by atoms with Crippen molar-refractivity contribution in [2.45, 2.75) is 70.1 Å². The molecule has 61 heavy (non-hydrogen) atoms. The molecule has 2 aliphatic heterocycles. The van der Waals surface area contributed by atoms with Crippen LogP contribution in [-0.2, 0) is 20.7 Å². The number of hydrogen-bond acceptors (Lipinski definition) is 9. The summed E-state index contributed by atoms with van der Waals surface area (Å²) >= 11 is 0. The summed E-state index contributed by atoms with van der Waals surface area (Å²) in [4.78, 5) is 80.3. The second-order valence-corrected chi connectivity index (χ2v) is 15.8. The van der Waals surface area contributed by atoms with E-state index in [1.54, 1.807) is 28.4 Å². The fraction of sp³-hybridized carbons (Fsp3) is 0.333. The number of amides is 4. The Morgan fingerprint density at radius 2 is 1.36 bits per heavy atom. The average molecular weight is 825 g/mol. The standard InChI is InChI=1S/C45H48N10O6/c1-26(2)39(53-45(60)61-3)43(57)55-20-8-12-38(55)41-47-24-35(50-41)29-15-13-28(14-16-29)34-23-46-32-22-30(17-18-31(32)49-34)36-25-48-40(51-36)37-11-7-19-54(37)42(56)33(52-44(58)59)21-27-9-5-4-6-10-27/h4-6,9-10,13-18,22-26,33,37-39,52H,7-8,11-12,19-21H2,1-3H3,(H,47,50)(H,48,51)(H,53,60)(H,58,59)/t33-,37+,38+,39+/m1/s1. The molecule has 4 atom stereocenters. The highest BCUT2D eigenvalue weighted by atomic mass is 16.5. The van der Waals surface area contributed by atoms with Crippen LogP contribution in [0.2, 0.25) is 0 Å². The van der Waals surface area contributed by atoms with Gasteiger partial charge in [0, 0.05) is 30.6 Å². The van der Waals surface area contributed by atoms with E-state index in [1.165, 1.54) is 7.11 Å². The molecule has 5 heterocycles. The van der Waals surface area contributed by atoms with E-state index in [0.717, 1.165) is 64.1 Å². The molecule has 0 bridgehead atoms. The summed E-state index contributed by atoms with van der Waals surface area (Å²) in [7, 11) is 1.28. The monoisotopic (exact) mass is 824 g/mol. The number of nitrogens with zero attached hydrogens (tertiary/aromatic N) is 6. The van der Waals surface area contributed by atoms with E-state index in [0.29, 0.717) is 36.7 Å². The zero-order chi connectivity index (χ0) is 42.6. The van der Waals surface area contributed by atoms with Crippen molar-refractivity contribution < 1.29 is 29.0 Å². The Labute approximate surface area is 352 Å². The number of methoxy groups -OCH3 is 1. The molecule has 5 N–H and O–H groups in total. The summed E-state index contributed by atoms with van der Waals surface area (Å²) in [6, 6.07) is 21.0. The van der Waals surface area contributed by atoms with E-state index in [9.17, 15) is 24.3 Å². The molecule has 0 unspecified atom stereocenters. The number of imidazole rings is 2. The lowest BCUT2D eigenvalue weighted by atomic mass is 10.0. The molecule has 16 nitrogen and oxygen atoms in total. The number of aromatic nitrogens is 6. The van der Waals surface area contributed by atoms with Crippen molar-refractivity contribution in [3.8, 4) is 33.8 Å². The Balaban J connectivity index is 0.936. The van der Waals surface area contributed by atoms with E-state index < -0.39 is 24.3 Å². The molecule has 16 heteroatoms. The summed E-state index contributed by atoms with van der Waals surface area (Å²) in [5.41, 5.74) is 7.30. The van der Waals surface area contributed by atoms with Crippen molar-refractivity contribution in [1.82, 2.24) is 50.3 Å². The molecule has 4 amide bonds. The molecule has 2 aliphatic rings. The van der Waals surface area contributed by atoms with Crippen molar-refractivity contribution in [2.24, 2.45) is 5.92 Å². The third kappa shape index (κ3) is 8.79. The zero-order valence-corrected chi connectivity index (χ0v) is 34.2. The molecule has 3 aromatic heterocycles. The number of alkyl carbamates (subject to hydrolysis) is 1. The third-order valence-corrected chi connectivity index (χ3v) is 11.5. The van der Waals surface area contributed by atoms with Crippen LogP contribution < -0.4 is 10.6 Å². The number of rotatable bonds is 12. The predicted molar refractivity (Wildman–Crippen MR) is 227 cm³/mol. The van der Waals surface area contributed by atoms with Gasteiger partial charge >= 0.3 is 12.2 Å². The van der Waals surface area contributed by atoms with Gasteiger partial charge in [0.15, 0.2) is 0 Å². The second kappa shape index (κ2) is 17.6. The summed E-state index contributed by atoms with van der Waals surface area (Å²) in [6.07, 6.45) is 6.72. The minimum atomic E-state index is -1.24. The first-order valence-electron chi connectivity index (χ1n) is 20.5. The number of nitrogens with one attached hydrogen (secondary N) is 4. The van der Waals surface area contributed by atoms with Gasteiger partial charge in [0.05, 0.1) is 65.9 Å². The van der Waals surface area contributed by atoms with Crippen LogP contribution in [0.1, 0.15) is 68.8 Å². The number of benzene rings is 3. The molecule has 2 fully saturated rings. The molecule has 0 radical (unpaired) electrons. The van der Waals surface area contributed by atoms with Crippen LogP contribution in [-0.4, -0.2) is 101 Å². The Morgan fingerprint density at radius 1 is 0.754 bits per heavy atom. The lowest BCUT2D eigenvalue weighted by Crippen LogP contribution is -2.51. The topological polar surface area (TPSA) is 211 Å². The van der Waals surface area contributed by atoms with Gasteiger partial charge in [0.25, 0.3) is 0 Å². The van der Waals surface area contributed by atoms with Crippen molar-refractivity contribution >= 4 is 35.0 Å². The molecule has 6 aromatic rings. The van der Waals surface area contributed by atoms with E-state index in [2.05, 4.69) is 30.6 Å². The van der Waals surface area contributed by atoms with Gasteiger partial charge in [0.1, 0.15) is 23.7 Å². The van der Waals surface area contributed by atoms with Crippen LogP contribution in [0.3, 0.4) is 0 Å². The number of aromatic amines is 2. The summed E-state index contributed by atoms with van der Waals surface area (Å²) < 4.78 is 4.76. The number of likely N-dealkylation sites (tertiary alicyclic amines) is 2. The Morgan fingerprint density at radius 3 is 1.98 bits per heavy atom. The fourth-order valence-corrected chi connectivity index (χ4v) is 8.35. The first-order chi connectivity index (χ1) is 29.6. The maximum Gasteiger partial charge on any atom is 0.407 e. The first-order valence-corrected chi connectivity index (χ1v) is 20.5. The Bertz CT molecular complexity index is 2540. The summed E-state index contributed by atoms with van der Waals surface area (Å²) in [5, 5.41) is 14.6. The van der Waals surface area contributed by atoms with Crippen LogP contribution in [0.4, 0.5) is 9.59 Å². The molecule has 3 aromatic carbocycles. The number of carboxylic acid groups (broad SMARTS) is 1. The Hall–Kier alpha value is -7.10.